The van der Waals surface area contributed by atoms with Crippen molar-refractivity contribution in [2.45, 2.75) is 58.5 Å². The number of carbonyl (C=O) groups excluding carboxylic acids is 1. The van der Waals surface area contributed by atoms with E-state index in [1.54, 1.807) is 10.7 Å². The van der Waals surface area contributed by atoms with Crippen LogP contribution in [0.2, 0.25) is 0 Å². The zero-order valence-electron chi connectivity index (χ0n) is 17.6. The van der Waals surface area contributed by atoms with Gasteiger partial charge in [-0.05, 0) is 68.2 Å². The van der Waals surface area contributed by atoms with Crippen LogP contribution in [0.5, 0.6) is 0 Å². The lowest BCUT2D eigenvalue weighted by atomic mass is 9.80. The Kier molecular flexibility index (Phi) is 6.07. The van der Waals surface area contributed by atoms with Crippen molar-refractivity contribution < 1.29 is 23.5 Å². The molecule has 1 aliphatic heterocycles. The second-order valence-electron chi connectivity index (χ2n) is 8.74. The van der Waals surface area contributed by atoms with Crippen LogP contribution in [0.15, 0.2) is 18.2 Å². The van der Waals surface area contributed by atoms with E-state index in [0.29, 0.717) is 44.5 Å². The largest absolute Gasteiger partial charge is 0.481 e. The monoisotopic (exact) mass is 431 g/mol. The van der Waals surface area contributed by atoms with Crippen LogP contribution in [0, 0.1) is 30.4 Å². The van der Waals surface area contributed by atoms with Gasteiger partial charge in [-0.25, -0.2) is 8.78 Å². The lowest BCUT2D eigenvalue weighted by Gasteiger charge is -2.31. The van der Waals surface area contributed by atoms with Crippen molar-refractivity contribution in [2.24, 2.45) is 11.8 Å². The number of nitrogens with zero attached hydrogens (tertiary/aromatic N) is 3. The number of carboxylic acid groups (broad SMARTS) is 1. The molecule has 4 rings (SSSR count). The van der Waals surface area contributed by atoms with Crippen molar-refractivity contribution >= 4 is 11.9 Å². The number of carboxylic acids is 1. The Hall–Kier alpha value is -2.77. The van der Waals surface area contributed by atoms with Crippen molar-refractivity contribution in [2.75, 3.05) is 6.54 Å². The number of aryl methyl sites for hydroxylation is 1. The number of hydrogen-bond donors (Lipinski definition) is 1. The van der Waals surface area contributed by atoms with Gasteiger partial charge in [-0.2, -0.15) is 5.10 Å². The maximum absolute atomic E-state index is 13.6. The molecule has 0 atom stereocenters. The Bertz CT molecular complexity index is 996. The van der Waals surface area contributed by atoms with Crippen LogP contribution in [-0.4, -0.2) is 38.2 Å². The molecule has 31 heavy (non-hydrogen) atoms. The fourth-order valence-electron chi connectivity index (χ4n) is 4.82. The molecule has 1 aliphatic carbocycles. The third-order valence-corrected chi connectivity index (χ3v) is 6.67. The lowest BCUT2D eigenvalue weighted by Crippen LogP contribution is -2.38. The van der Waals surface area contributed by atoms with Gasteiger partial charge in [0, 0.05) is 13.0 Å². The number of aromatic nitrogens is 2. The number of aliphatic carboxylic acids is 1. The minimum atomic E-state index is -0.885. The van der Waals surface area contributed by atoms with Gasteiger partial charge < -0.3 is 10.0 Å². The second-order valence-corrected chi connectivity index (χ2v) is 8.74. The molecule has 0 spiro atoms. The number of rotatable bonds is 5. The standard InChI is InChI=1S/C23H27F2N3O3/c1-14-18-8-9-27(22(29)11-15-2-5-17(6-3-15)23(30)31)13-21(18)28(26-14)12-16-4-7-19(24)20(25)10-16/h4,7,10,15,17H,2-3,5-6,8-9,11-13H2,1H3,(H,30,31)/t15-,17-. The predicted octanol–water partition coefficient (Wildman–Crippen LogP) is 3.68. The average Bonchev–Trinajstić information content (AvgIpc) is 3.06. The van der Waals surface area contributed by atoms with Gasteiger partial charge in [-0.15, -0.1) is 0 Å². The van der Waals surface area contributed by atoms with E-state index >= 15 is 0 Å². The highest BCUT2D eigenvalue weighted by molar-refractivity contribution is 5.77. The summed E-state index contributed by atoms with van der Waals surface area (Å²) in [5.41, 5.74) is 3.57. The second kappa shape index (κ2) is 8.77. The van der Waals surface area contributed by atoms with Crippen LogP contribution in [0.3, 0.4) is 0 Å². The minimum absolute atomic E-state index is 0.0858. The van der Waals surface area contributed by atoms with Crippen molar-refractivity contribution in [3.8, 4) is 0 Å². The highest BCUT2D eigenvalue weighted by atomic mass is 19.2. The Morgan fingerprint density at radius 2 is 1.90 bits per heavy atom. The van der Waals surface area contributed by atoms with Crippen LogP contribution in [0.1, 0.15) is 54.6 Å². The van der Waals surface area contributed by atoms with E-state index in [2.05, 4.69) is 5.10 Å². The fraction of sp³-hybridized carbons (Fsp3) is 0.522. The molecule has 0 bridgehead atoms. The van der Waals surface area contributed by atoms with E-state index in [0.717, 1.165) is 42.3 Å². The first-order valence-electron chi connectivity index (χ1n) is 10.8. The Morgan fingerprint density at radius 3 is 2.58 bits per heavy atom. The molecule has 6 nitrogen and oxygen atoms in total. The highest BCUT2D eigenvalue weighted by Gasteiger charge is 2.30. The first-order chi connectivity index (χ1) is 14.8. The zero-order valence-corrected chi connectivity index (χ0v) is 17.6. The number of amides is 1. The van der Waals surface area contributed by atoms with Gasteiger partial charge >= 0.3 is 5.97 Å². The van der Waals surface area contributed by atoms with Crippen molar-refractivity contribution in [3.05, 3.63) is 52.3 Å². The predicted molar refractivity (Wildman–Crippen MR) is 109 cm³/mol. The molecular formula is C23H27F2N3O3. The first-order valence-corrected chi connectivity index (χ1v) is 10.8. The van der Waals surface area contributed by atoms with Crippen LogP contribution in [0.25, 0.3) is 0 Å². The molecule has 0 saturated heterocycles. The number of fused-ring (bicyclic) bond motifs is 1. The maximum Gasteiger partial charge on any atom is 0.306 e. The van der Waals surface area contributed by atoms with Crippen LogP contribution in [-0.2, 0) is 29.1 Å². The van der Waals surface area contributed by atoms with Crippen LogP contribution < -0.4 is 0 Å². The number of benzene rings is 1. The summed E-state index contributed by atoms with van der Waals surface area (Å²) in [6, 6.07) is 3.83. The fourth-order valence-corrected chi connectivity index (χ4v) is 4.82. The first kappa shape index (κ1) is 21.5. The SMILES string of the molecule is Cc1nn(Cc2ccc(F)c(F)c2)c2c1CCN(C(=O)C[C@H]1CC[C@H](C(=O)O)CC1)C2. The number of hydrogen-bond acceptors (Lipinski definition) is 3. The molecule has 1 aromatic carbocycles. The Balaban J connectivity index is 1.42. The molecule has 0 radical (unpaired) electrons. The topological polar surface area (TPSA) is 75.4 Å². The van der Waals surface area contributed by atoms with Gasteiger partial charge in [0.2, 0.25) is 5.91 Å². The highest BCUT2D eigenvalue weighted by Crippen LogP contribution is 2.32. The minimum Gasteiger partial charge on any atom is -0.481 e. The summed E-state index contributed by atoms with van der Waals surface area (Å²) in [5, 5.41) is 13.7. The molecule has 2 aliphatic rings. The summed E-state index contributed by atoms with van der Waals surface area (Å²) in [5.74, 6) is -2.46. The van der Waals surface area contributed by atoms with Gasteiger partial charge in [-0.1, -0.05) is 6.07 Å². The molecule has 1 aromatic heterocycles. The van der Waals surface area contributed by atoms with E-state index in [4.69, 9.17) is 5.11 Å². The van der Waals surface area contributed by atoms with Crippen molar-refractivity contribution in [1.82, 2.24) is 14.7 Å². The maximum atomic E-state index is 13.6. The molecular weight excluding hydrogens is 404 g/mol. The summed E-state index contributed by atoms with van der Waals surface area (Å²) in [4.78, 5) is 25.9. The summed E-state index contributed by atoms with van der Waals surface area (Å²) >= 11 is 0. The quantitative estimate of drug-likeness (QED) is 0.784. The smallest absolute Gasteiger partial charge is 0.306 e. The molecule has 1 N–H and O–H groups in total. The zero-order chi connectivity index (χ0) is 22.1. The van der Waals surface area contributed by atoms with E-state index in [-0.39, 0.29) is 17.7 Å². The Morgan fingerprint density at radius 1 is 1.16 bits per heavy atom. The normalized spacial score (nSPS) is 21.1. The number of halogens is 2. The summed E-state index contributed by atoms with van der Waals surface area (Å²) in [6.45, 7) is 3.32. The van der Waals surface area contributed by atoms with E-state index in [1.165, 1.54) is 6.07 Å². The van der Waals surface area contributed by atoms with E-state index in [9.17, 15) is 18.4 Å². The van der Waals surface area contributed by atoms with Crippen molar-refractivity contribution in [3.63, 3.8) is 0 Å². The lowest BCUT2D eigenvalue weighted by molar-refractivity contribution is -0.143. The summed E-state index contributed by atoms with van der Waals surface area (Å²) in [6.07, 6.45) is 3.98. The van der Waals surface area contributed by atoms with Gasteiger partial charge in [0.25, 0.3) is 0 Å². The Labute approximate surface area is 179 Å². The molecule has 1 fully saturated rings. The average molecular weight is 431 g/mol. The van der Waals surface area contributed by atoms with Crippen LogP contribution in [0.4, 0.5) is 8.78 Å². The molecule has 1 saturated carbocycles. The molecule has 2 aromatic rings. The van der Waals surface area contributed by atoms with E-state index in [1.807, 2.05) is 11.8 Å². The van der Waals surface area contributed by atoms with Gasteiger partial charge in [0.1, 0.15) is 0 Å². The van der Waals surface area contributed by atoms with Gasteiger partial charge in [-0.3, -0.25) is 14.3 Å². The molecule has 1 amide bonds. The van der Waals surface area contributed by atoms with Gasteiger partial charge in [0.15, 0.2) is 11.6 Å². The third-order valence-electron chi connectivity index (χ3n) is 6.67. The summed E-state index contributed by atoms with van der Waals surface area (Å²) < 4.78 is 28.6. The number of carbonyl (C=O) groups is 2. The molecule has 2 heterocycles. The van der Waals surface area contributed by atoms with Crippen LogP contribution >= 0.6 is 0 Å². The van der Waals surface area contributed by atoms with Crippen molar-refractivity contribution in [1.29, 1.82) is 0 Å². The third kappa shape index (κ3) is 4.62. The van der Waals surface area contributed by atoms with E-state index < -0.39 is 17.6 Å². The summed E-state index contributed by atoms with van der Waals surface area (Å²) in [7, 11) is 0. The molecule has 8 heteroatoms. The molecule has 0 unspecified atom stereocenters. The molecule has 166 valence electrons. The van der Waals surface area contributed by atoms with Gasteiger partial charge in [0.05, 0.1) is 30.4 Å².